The number of hydrogen-bond acceptors (Lipinski definition) is 6. The molecule has 6 nitrogen and oxygen atoms in total. The molecule has 34 heavy (non-hydrogen) atoms. The van der Waals surface area contributed by atoms with E-state index in [1.165, 1.54) is 0 Å². The Balaban J connectivity index is 2.11. The van der Waals surface area contributed by atoms with Crippen molar-refractivity contribution >= 4 is 10.9 Å². The smallest absolute Gasteiger partial charge is 0.208 e. The van der Waals surface area contributed by atoms with Crippen molar-refractivity contribution in [3.05, 3.63) is 72.8 Å². The molecule has 0 saturated heterocycles. The Morgan fingerprint density at radius 1 is 0.441 bits per heavy atom. The van der Waals surface area contributed by atoms with Crippen LogP contribution in [0.25, 0.3) is 0 Å². The van der Waals surface area contributed by atoms with Gasteiger partial charge in [-0.2, -0.15) is 0 Å². The van der Waals surface area contributed by atoms with Gasteiger partial charge in [0.05, 0.1) is 19.8 Å². The number of methoxy groups -OCH3 is 3. The van der Waals surface area contributed by atoms with Gasteiger partial charge in [0.15, 0.2) is 17.2 Å². The highest BCUT2D eigenvalue weighted by Crippen LogP contribution is 2.43. The van der Waals surface area contributed by atoms with Crippen molar-refractivity contribution < 1.29 is 28.4 Å². The molecular formula is C27H33O6S+. The van der Waals surface area contributed by atoms with Gasteiger partial charge in [0.25, 0.3) is 0 Å². The van der Waals surface area contributed by atoms with Crippen LogP contribution in [-0.4, -0.2) is 61.0 Å². The van der Waals surface area contributed by atoms with Gasteiger partial charge in [-0.15, -0.1) is 0 Å². The molecule has 3 aromatic carbocycles. The fraction of sp³-hybridized carbons (Fsp3) is 0.333. The summed E-state index contributed by atoms with van der Waals surface area (Å²) in [6.07, 6.45) is 0. The minimum atomic E-state index is -0.563. The Kier molecular flexibility index (Phi) is 11.1. The van der Waals surface area contributed by atoms with E-state index in [1.54, 1.807) is 21.3 Å². The molecule has 0 heterocycles. The van der Waals surface area contributed by atoms with E-state index in [1.807, 2.05) is 54.6 Å². The molecule has 0 spiro atoms. The Morgan fingerprint density at radius 3 is 1.03 bits per heavy atom. The summed E-state index contributed by atoms with van der Waals surface area (Å²) in [7, 11) is 4.44. The summed E-state index contributed by atoms with van der Waals surface area (Å²) in [5, 5.41) is 0. The van der Waals surface area contributed by atoms with Crippen molar-refractivity contribution in [1.29, 1.82) is 0 Å². The second kappa shape index (κ2) is 14.5. The highest BCUT2D eigenvalue weighted by molar-refractivity contribution is 7.97. The van der Waals surface area contributed by atoms with E-state index in [2.05, 4.69) is 18.2 Å². The standard InChI is InChI=1S/C27H33O6S/c1-28-16-19-31-22-10-4-7-13-25(22)34(26-14-8-5-11-23(26)32-20-17-29-2)27-15-9-6-12-24(27)33-21-18-30-3/h4-15H,16-21H2,1-3H3/q+1. The molecule has 0 aliphatic carbocycles. The molecule has 0 atom stereocenters. The number of benzene rings is 3. The van der Waals surface area contributed by atoms with Crippen LogP contribution in [0.4, 0.5) is 0 Å². The summed E-state index contributed by atoms with van der Waals surface area (Å²) in [5.74, 6) is 2.42. The summed E-state index contributed by atoms with van der Waals surface area (Å²) in [6.45, 7) is 2.91. The lowest BCUT2D eigenvalue weighted by Gasteiger charge is -2.17. The molecule has 7 heteroatoms. The molecule has 0 amide bonds. The van der Waals surface area contributed by atoms with E-state index in [9.17, 15) is 0 Å². The van der Waals surface area contributed by atoms with Crippen LogP contribution in [0.2, 0.25) is 0 Å². The van der Waals surface area contributed by atoms with Gasteiger partial charge in [-0.1, -0.05) is 36.4 Å². The van der Waals surface area contributed by atoms with Crippen LogP contribution in [-0.2, 0) is 25.1 Å². The number of hydrogen-bond donors (Lipinski definition) is 0. The van der Waals surface area contributed by atoms with E-state index >= 15 is 0 Å². The van der Waals surface area contributed by atoms with Crippen molar-refractivity contribution in [3.63, 3.8) is 0 Å². The molecule has 0 bridgehead atoms. The average Bonchev–Trinajstić information content (AvgIpc) is 2.87. The minimum Gasteiger partial charge on any atom is -0.486 e. The van der Waals surface area contributed by atoms with E-state index in [4.69, 9.17) is 28.4 Å². The summed E-state index contributed by atoms with van der Waals surface area (Å²) in [4.78, 5) is 3.14. The number of para-hydroxylation sites is 3. The quantitative estimate of drug-likeness (QED) is 0.226. The van der Waals surface area contributed by atoms with Gasteiger partial charge < -0.3 is 28.4 Å². The van der Waals surface area contributed by atoms with Crippen LogP contribution < -0.4 is 14.2 Å². The second-order valence-corrected chi connectivity index (χ2v) is 9.10. The maximum atomic E-state index is 6.14. The first-order valence-corrected chi connectivity index (χ1v) is 12.4. The molecular weight excluding hydrogens is 452 g/mol. The van der Waals surface area contributed by atoms with Gasteiger partial charge in [0.2, 0.25) is 14.7 Å². The lowest BCUT2D eigenvalue weighted by atomic mass is 10.3. The van der Waals surface area contributed by atoms with Crippen molar-refractivity contribution in [1.82, 2.24) is 0 Å². The fourth-order valence-electron chi connectivity index (χ4n) is 3.27. The third kappa shape index (κ3) is 7.14. The average molecular weight is 486 g/mol. The molecule has 0 aliphatic heterocycles. The maximum absolute atomic E-state index is 6.14. The van der Waals surface area contributed by atoms with Crippen LogP contribution in [0.5, 0.6) is 17.2 Å². The number of rotatable bonds is 15. The summed E-state index contributed by atoms with van der Waals surface area (Å²) in [5.41, 5.74) is 0. The zero-order valence-electron chi connectivity index (χ0n) is 20.0. The molecule has 0 N–H and O–H groups in total. The molecule has 0 saturated carbocycles. The first-order valence-electron chi connectivity index (χ1n) is 11.2. The van der Waals surface area contributed by atoms with Crippen molar-refractivity contribution in [2.45, 2.75) is 14.7 Å². The highest BCUT2D eigenvalue weighted by atomic mass is 32.2. The fourth-order valence-corrected chi connectivity index (χ4v) is 5.61. The molecule has 3 aromatic rings. The lowest BCUT2D eigenvalue weighted by molar-refractivity contribution is 0.144. The van der Waals surface area contributed by atoms with Gasteiger partial charge >= 0.3 is 0 Å². The second-order valence-electron chi connectivity index (χ2n) is 7.17. The predicted molar refractivity (Wildman–Crippen MR) is 134 cm³/mol. The van der Waals surface area contributed by atoms with Gasteiger partial charge in [-0.05, 0) is 36.4 Å². The van der Waals surface area contributed by atoms with Crippen molar-refractivity contribution in [2.24, 2.45) is 0 Å². The van der Waals surface area contributed by atoms with Gasteiger partial charge in [0, 0.05) is 21.3 Å². The molecule has 0 radical (unpaired) electrons. The lowest BCUT2D eigenvalue weighted by Crippen LogP contribution is -2.14. The van der Waals surface area contributed by atoms with Gasteiger partial charge in [0.1, 0.15) is 30.7 Å². The maximum Gasteiger partial charge on any atom is 0.208 e. The molecule has 0 aromatic heterocycles. The Labute approximate surface area is 205 Å². The Bertz CT molecular complexity index is 869. The van der Waals surface area contributed by atoms with Crippen LogP contribution in [0.1, 0.15) is 0 Å². The van der Waals surface area contributed by atoms with E-state index in [0.29, 0.717) is 39.6 Å². The first-order chi connectivity index (χ1) is 16.8. The predicted octanol–water partition coefficient (Wildman–Crippen LogP) is 4.86. The van der Waals surface area contributed by atoms with Crippen LogP contribution in [0, 0.1) is 0 Å². The summed E-state index contributed by atoms with van der Waals surface area (Å²) >= 11 is 0. The van der Waals surface area contributed by atoms with Crippen molar-refractivity contribution in [3.8, 4) is 17.2 Å². The molecule has 3 rings (SSSR count). The molecule has 182 valence electrons. The molecule has 0 unspecified atom stereocenters. The summed E-state index contributed by atoms with van der Waals surface area (Å²) < 4.78 is 34.0. The van der Waals surface area contributed by atoms with E-state index in [0.717, 1.165) is 31.9 Å². The van der Waals surface area contributed by atoms with Gasteiger partial charge in [-0.3, -0.25) is 0 Å². The van der Waals surface area contributed by atoms with E-state index in [-0.39, 0.29) is 0 Å². The Morgan fingerprint density at radius 2 is 0.735 bits per heavy atom. The van der Waals surface area contributed by atoms with Gasteiger partial charge in [-0.25, -0.2) is 0 Å². The first kappa shape index (κ1) is 25.9. The van der Waals surface area contributed by atoms with Crippen LogP contribution in [0.3, 0.4) is 0 Å². The van der Waals surface area contributed by atoms with Crippen LogP contribution in [0.15, 0.2) is 87.5 Å². The summed E-state index contributed by atoms with van der Waals surface area (Å²) in [6, 6.07) is 24.3. The zero-order chi connectivity index (χ0) is 24.0. The Hall–Kier alpha value is -2.71. The third-order valence-corrected chi connectivity index (χ3v) is 7.17. The van der Waals surface area contributed by atoms with Crippen molar-refractivity contribution in [2.75, 3.05) is 61.0 Å². The largest absolute Gasteiger partial charge is 0.486 e. The van der Waals surface area contributed by atoms with Crippen LogP contribution >= 0.6 is 0 Å². The zero-order valence-corrected chi connectivity index (χ0v) is 20.8. The van der Waals surface area contributed by atoms with E-state index < -0.39 is 10.9 Å². The monoisotopic (exact) mass is 485 g/mol. The molecule has 0 aliphatic rings. The SMILES string of the molecule is COCCOc1ccccc1[S+](c1ccccc1OCCOC)c1ccccc1OCCOC. The normalized spacial score (nSPS) is 10.9. The third-order valence-electron chi connectivity index (χ3n) is 4.84. The highest BCUT2D eigenvalue weighted by Gasteiger charge is 2.37. The minimum absolute atomic E-state index is 0.461. The number of ether oxygens (including phenoxy) is 6. The molecule has 0 fully saturated rings. The topological polar surface area (TPSA) is 55.4 Å².